The Labute approximate surface area is 618 Å². The van der Waals surface area contributed by atoms with Gasteiger partial charge in [0.1, 0.15) is 24.4 Å². The molecule has 4 heterocycles. The van der Waals surface area contributed by atoms with Crippen molar-refractivity contribution in [1.29, 1.82) is 0 Å². The van der Waals surface area contributed by atoms with Gasteiger partial charge in [-0.1, -0.05) is 95.4 Å². The summed E-state index contributed by atoms with van der Waals surface area (Å²) in [4.78, 5) is 103. The molecule has 518 valence electrons. The minimum atomic E-state index is -2.59. The standard InChI is InChI=1S/C68H78N12O18.2Na/c1-39(81)73-55-51(83)33-67(65(93)94,97-59(55)57(87)53(85)35-71-63(91)47-23-19-43(20-24-47)41-13-5-3-6-14-41)79-37-49(75-77-79)17-9-11-31-69-61(89)45-27-29-46(30-28-45)62(90)70-32-12-10-18-50-38-80(78-76-50)68(66(95)96)34-52(84)56(74-40(2)82)60(98-68)58(88)54(86)36-72-64(92)48-25-21-44(22-26-48)42-15-7-4-8-16-42;;/h3-8,13-16,19-30,37-38,51-60,83-88H,9-12,17-18,31-36H2,1-2H3,(H,69,89)(H,70,90)(H,71,91)(H,72,92)(H,73,81)(H,74,82)(H,93,94)(H,95,96);;/q;2*+1/p-2/t51-,52-,53+,54+,55+,56+,57+,58+,59+,60+,67+,68+;;/m0../s1. The number of rotatable bonds is 30. The van der Waals surface area contributed by atoms with Crippen LogP contribution in [-0.4, -0.2) is 195 Å². The van der Waals surface area contributed by atoms with Crippen LogP contribution in [0.4, 0.5) is 0 Å². The van der Waals surface area contributed by atoms with E-state index in [4.69, 9.17) is 9.47 Å². The summed E-state index contributed by atoms with van der Waals surface area (Å²) < 4.78 is 13.6. The topological polar surface area (TPSA) is 456 Å². The van der Waals surface area contributed by atoms with Crippen molar-refractivity contribution >= 4 is 47.4 Å². The van der Waals surface area contributed by atoms with Crippen molar-refractivity contribution in [2.24, 2.45) is 0 Å². The van der Waals surface area contributed by atoms with Crippen LogP contribution >= 0.6 is 0 Å². The molecule has 100 heavy (non-hydrogen) atoms. The summed E-state index contributed by atoms with van der Waals surface area (Å²) in [5, 5.41) is 125. The minimum absolute atomic E-state index is 0. The van der Waals surface area contributed by atoms with Gasteiger partial charge in [0.25, 0.3) is 23.6 Å². The quantitative estimate of drug-likeness (QED) is 0.0147. The van der Waals surface area contributed by atoms with E-state index in [1.807, 2.05) is 60.7 Å². The van der Waals surface area contributed by atoms with Crippen LogP contribution in [-0.2, 0) is 52.9 Å². The van der Waals surface area contributed by atoms with Crippen LogP contribution < -0.4 is 101 Å². The predicted octanol–water partition coefficient (Wildman–Crippen LogP) is -7.87. The summed E-state index contributed by atoms with van der Waals surface area (Å²) in [6.07, 6.45) is -11.4. The Bertz CT molecular complexity index is 3660. The van der Waals surface area contributed by atoms with Gasteiger partial charge in [-0.2, -0.15) is 0 Å². The van der Waals surface area contributed by atoms with E-state index in [0.29, 0.717) is 25.7 Å². The molecule has 9 rings (SSSR count). The van der Waals surface area contributed by atoms with Crippen LogP contribution in [0.2, 0.25) is 0 Å². The molecular weight excluding hydrogens is 1320 g/mol. The fourth-order valence-electron chi connectivity index (χ4n) is 11.7. The maximum atomic E-state index is 13.1. The molecule has 30 nitrogen and oxygen atoms in total. The summed E-state index contributed by atoms with van der Waals surface area (Å²) in [5.74, 6) is -7.14. The van der Waals surface area contributed by atoms with E-state index in [1.165, 1.54) is 36.7 Å². The number of ether oxygens (including phenoxy) is 2. The van der Waals surface area contributed by atoms with E-state index in [-0.39, 0.29) is 119 Å². The molecule has 0 aliphatic carbocycles. The molecule has 2 saturated heterocycles. The van der Waals surface area contributed by atoms with Gasteiger partial charge in [0.2, 0.25) is 23.3 Å². The summed E-state index contributed by atoms with van der Waals surface area (Å²) in [5.41, 5.74) is -0.0154. The number of nitrogens with one attached hydrogen (secondary N) is 6. The zero-order valence-corrected chi connectivity index (χ0v) is 59.4. The number of aliphatic hydroxyl groups is 6. The van der Waals surface area contributed by atoms with Gasteiger partial charge in [-0.25, -0.2) is 9.36 Å². The normalized spacial score (nSPS) is 21.4. The van der Waals surface area contributed by atoms with Gasteiger partial charge in [-0.15, -0.1) is 10.2 Å². The molecule has 0 bridgehead atoms. The van der Waals surface area contributed by atoms with Crippen molar-refractivity contribution in [3.63, 3.8) is 0 Å². The Morgan fingerprint density at radius 1 is 0.480 bits per heavy atom. The smallest absolute Gasteiger partial charge is 0.545 e. The van der Waals surface area contributed by atoms with Crippen molar-refractivity contribution in [1.82, 2.24) is 61.9 Å². The molecular formula is C68H76N12Na2O18. The third-order valence-electron chi connectivity index (χ3n) is 17.0. The Balaban J connectivity index is 0.00000702. The second kappa shape index (κ2) is 36.4. The number of aryl methyl sites for hydroxylation is 2. The summed E-state index contributed by atoms with van der Waals surface area (Å²) in [6, 6.07) is 35.3. The fourth-order valence-corrected chi connectivity index (χ4v) is 11.7. The number of hydrogen-bond acceptors (Lipinski definition) is 22. The molecule has 2 aliphatic rings. The number of benzene rings is 5. The van der Waals surface area contributed by atoms with Gasteiger partial charge >= 0.3 is 59.1 Å². The van der Waals surface area contributed by atoms with Gasteiger partial charge in [0, 0.05) is 75.1 Å². The molecule has 7 aromatic rings. The number of aliphatic hydroxyl groups excluding tert-OH is 6. The molecule has 5 aromatic carbocycles. The number of hydrogen-bond donors (Lipinski definition) is 12. The molecule has 12 atom stereocenters. The zero-order chi connectivity index (χ0) is 70.3. The van der Waals surface area contributed by atoms with Crippen molar-refractivity contribution in [3.05, 3.63) is 179 Å². The summed E-state index contributed by atoms with van der Waals surface area (Å²) in [6.45, 7) is 1.58. The average molecular weight is 1400 g/mol. The molecule has 2 fully saturated rings. The Morgan fingerprint density at radius 3 is 1.11 bits per heavy atom. The molecule has 6 amide bonds. The SMILES string of the molecule is CC(=O)N[C@H]1[C@H]([C@H](O)[C@H](O)CNC(=O)c2ccc(-c3ccccc3)cc2)O[C@](C(=O)[O-])(n2cc(CCCCNC(=O)c3ccc(C(=O)NCCCCc4cn([C@]5(C(=O)[O-])C[C@H](O)[C@@H](NC(C)=O)[C@H]([C@H](O)[C@H](O)CNC(=O)c6ccc(-c7ccccc7)cc6)O5)nn4)cc3)nn2)C[C@@H]1O.[Na+].[Na+]. The van der Waals surface area contributed by atoms with E-state index in [2.05, 4.69) is 52.5 Å². The number of aliphatic carboxylic acids is 2. The molecule has 32 heteroatoms. The number of carboxylic acid groups (broad SMARTS) is 2. The van der Waals surface area contributed by atoms with E-state index in [9.17, 15) is 79.2 Å². The number of carbonyl (C=O) groups excluding carboxylic acids is 8. The van der Waals surface area contributed by atoms with Crippen molar-refractivity contribution in [2.75, 3.05) is 26.2 Å². The minimum Gasteiger partial charge on any atom is -0.545 e. The number of aromatic nitrogens is 6. The maximum absolute atomic E-state index is 13.1. The van der Waals surface area contributed by atoms with Gasteiger partial charge in [-0.05, 0) is 109 Å². The van der Waals surface area contributed by atoms with E-state index >= 15 is 0 Å². The molecule has 0 radical (unpaired) electrons. The van der Waals surface area contributed by atoms with Gasteiger partial charge in [0.05, 0.1) is 72.2 Å². The second-order valence-corrected chi connectivity index (χ2v) is 24.0. The van der Waals surface area contributed by atoms with Crippen LogP contribution in [0.3, 0.4) is 0 Å². The predicted molar refractivity (Wildman–Crippen MR) is 342 cm³/mol. The number of carboxylic acids is 2. The molecule has 12 N–H and O–H groups in total. The van der Waals surface area contributed by atoms with Crippen molar-refractivity contribution in [3.8, 4) is 22.3 Å². The second-order valence-electron chi connectivity index (χ2n) is 24.0. The number of carbonyl (C=O) groups is 8. The fraction of sp³-hybridized carbons (Fsp3) is 0.382. The molecule has 2 aliphatic heterocycles. The molecule has 0 spiro atoms. The first kappa shape index (κ1) is 79.1. The van der Waals surface area contributed by atoms with Crippen LogP contribution in [0.15, 0.2) is 146 Å². The Morgan fingerprint density at radius 2 is 0.790 bits per heavy atom. The largest absolute Gasteiger partial charge is 1.00 e. The summed E-state index contributed by atoms with van der Waals surface area (Å²) >= 11 is 0. The monoisotopic (exact) mass is 1390 g/mol. The van der Waals surface area contributed by atoms with Crippen molar-refractivity contribution < 1.29 is 148 Å². The third kappa shape index (κ3) is 19.7. The average Bonchev–Trinajstić information content (AvgIpc) is 1.32. The van der Waals surface area contributed by atoms with Gasteiger partial charge < -0.3 is 91.8 Å². The van der Waals surface area contributed by atoms with Crippen molar-refractivity contribution in [2.45, 2.75) is 138 Å². The number of amides is 6. The number of nitrogens with zero attached hydrogens (tertiary/aromatic N) is 6. The number of unbranched alkanes of at least 4 members (excludes halogenated alkanes) is 2. The van der Waals surface area contributed by atoms with E-state index in [0.717, 1.165) is 45.5 Å². The maximum Gasteiger partial charge on any atom is 1.00 e. The molecule has 2 aromatic heterocycles. The van der Waals surface area contributed by atoms with E-state index in [1.54, 1.807) is 48.5 Å². The third-order valence-corrected chi connectivity index (χ3v) is 17.0. The van der Waals surface area contributed by atoms with Crippen LogP contribution in [0.5, 0.6) is 0 Å². The Kier molecular flexibility index (Phi) is 28.8. The molecule has 0 unspecified atom stereocenters. The van der Waals surface area contributed by atoms with Crippen LogP contribution in [0, 0.1) is 0 Å². The first-order valence-electron chi connectivity index (χ1n) is 31.7. The van der Waals surface area contributed by atoms with Crippen LogP contribution in [0.1, 0.15) is 105 Å². The first-order chi connectivity index (χ1) is 47.0. The Hall–Kier alpha value is -8.18. The zero-order valence-electron chi connectivity index (χ0n) is 55.4. The first-order valence-corrected chi connectivity index (χ1v) is 31.7. The van der Waals surface area contributed by atoms with Crippen LogP contribution in [0.25, 0.3) is 22.3 Å². The van der Waals surface area contributed by atoms with E-state index < -0.39 is 146 Å². The van der Waals surface area contributed by atoms with Gasteiger partial charge in [0.15, 0.2) is 0 Å². The molecule has 0 saturated carbocycles. The van der Waals surface area contributed by atoms with Gasteiger partial charge in [-0.3, -0.25) is 28.8 Å². The summed E-state index contributed by atoms with van der Waals surface area (Å²) in [7, 11) is 0.